The van der Waals surface area contributed by atoms with E-state index < -0.39 is 14.1 Å². The summed E-state index contributed by atoms with van der Waals surface area (Å²) in [6.45, 7) is 5.79. The lowest BCUT2D eigenvalue weighted by Gasteiger charge is -2.22. The van der Waals surface area contributed by atoms with Gasteiger partial charge in [-0.2, -0.15) is 11.1 Å². The maximum absolute atomic E-state index is 6.68. The van der Waals surface area contributed by atoms with Crippen LogP contribution < -0.4 is 5.19 Å². The van der Waals surface area contributed by atoms with Gasteiger partial charge in [-0.1, -0.05) is 43.5 Å². The Morgan fingerprint density at radius 3 is 2.00 bits per heavy atom. The average molecular weight is 324 g/mol. The van der Waals surface area contributed by atoms with Gasteiger partial charge in [0.05, 0.1) is 0 Å². The van der Waals surface area contributed by atoms with Crippen molar-refractivity contribution in [1.82, 2.24) is 0 Å². The molecule has 0 saturated carbocycles. The smallest absolute Gasteiger partial charge is 0.161 e. The molecule has 0 N–H and O–H groups in total. The van der Waals surface area contributed by atoms with Crippen LogP contribution in [0.4, 0.5) is 0 Å². The Balaban J connectivity index is 2.77. The molecule has 0 bridgehead atoms. The first-order valence-corrected chi connectivity index (χ1v) is 14.0. The molecular formula is C12H17Cl3Si2. The second-order valence-electron chi connectivity index (χ2n) is 4.59. The molecule has 0 aliphatic rings. The first kappa shape index (κ1) is 15.3. The van der Waals surface area contributed by atoms with Crippen molar-refractivity contribution >= 4 is 58.6 Å². The quantitative estimate of drug-likeness (QED) is 0.534. The summed E-state index contributed by atoms with van der Waals surface area (Å²) in [4.78, 5) is 0. The summed E-state index contributed by atoms with van der Waals surface area (Å²) in [6, 6.07) is 10.1. The Morgan fingerprint density at radius 2 is 1.59 bits per heavy atom. The molecule has 1 aromatic rings. The van der Waals surface area contributed by atoms with E-state index in [1.807, 2.05) is 24.8 Å². The van der Waals surface area contributed by atoms with E-state index >= 15 is 0 Å². The molecule has 0 saturated heterocycles. The lowest BCUT2D eigenvalue weighted by molar-refractivity contribution is 1.36. The normalized spacial score (nSPS) is 15.4. The van der Waals surface area contributed by atoms with Gasteiger partial charge < -0.3 is 0 Å². The minimum Gasteiger partial charge on any atom is -0.161 e. The third kappa shape index (κ3) is 5.18. The summed E-state index contributed by atoms with van der Waals surface area (Å²) in [5, 5.41) is 1.23. The highest BCUT2D eigenvalue weighted by Gasteiger charge is 2.31. The zero-order valence-corrected chi connectivity index (χ0v) is 14.4. The van der Waals surface area contributed by atoms with Crippen molar-refractivity contribution in [3.8, 4) is 0 Å². The van der Waals surface area contributed by atoms with Crippen LogP contribution in [0, 0.1) is 0 Å². The SMILES string of the molecule is C=Cc1ccc([Si](C)(Cl)CC[Si](C)(Cl)Cl)cc1. The minimum atomic E-state index is -2.04. The fourth-order valence-corrected chi connectivity index (χ4v) is 9.28. The summed E-state index contributed by atoms with van der Waals surface area (Å²) in [5.74, 6) is 0. The van der Waals surface area contributed by atoms with Crippen LogP contribution >= 0.6 is 33.2 Å². The van der Waals surface area contributed by atoms with E-state index in [-0.39, 0.29) is 0 Å². The van der Waals surface area contributed by atoms with E-state index in [0.717, 1.165) is 17.7 Å². The Kier molecular flexibility index (Phi) is 5.35. The Morgan fingerprint density at radius 1 is 1.06 bits per heavy atom. The zero-order chi connectivity index (χ0) is 13.1. The van der Waals surface area contributed by atoms with Crippen LogP contribution in [0.15, 0.2) is 30.8 Å². The van der Waals surface area contributed by atoms with Crippen LogP contribution in [0.3, 0.4) is 0 Å². The number of hydrogen-bond donors (Lipinski definition) is 0. The third-order valence-corrected chi connectivity index (χ3v) is 9.49. The molecular weight excluding hydrogens is 307 g/mol. The van der Waals surface area contributed by atoms with E-state index in [2.05, 4.69) is 25.3 Å². The van der Waals surface area contributed by atoms with Gasteiger partial charge in [-0.3, -0.25) is 0 Å². The standard InChI is InChI=1S/C12H17Cl3Si2/c1-4-11-5-7-12(8-6-11)16(2,13)9-10-17(3,14)15/h4-8H,1,9-10H2,2-3H3. The Hall–Kier alpha value is 0.264. The lowest BCUT2D eigenvalue weighted by atomic mass is 10.2. The third-order valence-electron chi connectivity index (χ3n) is 2.78. The van der Waals surface area contributed by atoms with Crippen LogP contribution in [-0.2, 0) is 0 Å². The highest BCUT2D eigenvalue weighted by atomic mass is 35.7. The topological polar surface area (TPSA) is 0 Å². The van der Waals surface area contributed by atoms with Gasteiger partial charge in [0, 0.05) is 0 Å². The minimum absolute atomic E-state index is 0.853. The van der Waals surface area contributed by atoms with E-state index in [9.17, 15) is 0 Å². The van der Waals surface area contributed by atoms with Crippen molar-refractivity contribution in [2.24, 2.45) is 0 Å². The molecule has 1 atom stereocenters. The van der Waals surface area contributed by atoms with Crippen LogP contribution in [-0.4, -0.2) is 14.1 Å². The number of hydrogen-bond acceptors (Lipinski definition) is 0. The van der Waals surface area contributed by atoms with E-state index in [1.54, 1.807) is 0 Å². The summed E-state index contributed by atoms with van der Waals surface area (Å²) < 4.78 is 0. The highest BCUT2D eigenvalue weighted by molar-refractivity contribution is 7.45. The van der Waals surface area contributed by atoms with Gasteiger partial charge in [0.15, 0.2) is 7.38 Å². The highest BCUT2D eigenvalue weighted by Crippen LogP contribution is 2.28. The van der Waals surface area contributed by atoms with E-state index in [4.69, 9.17) is 33.2 Å². The van der Waals surface area contributed by atoms with Gasteiger partial charge in [-0.15, -0.1) is 22.2 Å². The van der Waals surface area contributed by atoms with Gasteiger partial charge in [-0.05, 0) is 29.4 Å². The molecule has 0 spiro atoms. The molecule has 0 aromatic heterocycles. The van der Waals surface area contributed by atoms with Crippen molar-refractivity contribution < 1.29 is 0 Å². The van der Waals surface area contributed by atoms with Gasteiger partial charge in [0.25, 0.3) is 0 Å². The predicted molar refractivity (Wildman–Crippen MR) is 86.6 cm³/mol. The maximum Gasteiger partial charge on any atom is 0.248 e. The van der Waals surface area contributed by atoms with Gasteiger partial charge in [-0.25, -0.2) is 0 Å². The maximum atomic E-state index is 6.68. The fraction of sp³-hybridized carbons (Fsp3) is 0.333. The van der Waals surface area contributed by atoms with Gasteiger partial charge >= 0.3 is 0 Å². The molecule has 0 fully saturated rings. The molecule has 0 aliphatic carbocycles. The van der Waals surface area contributed by atoms with Crippen molar-refractivity contribution in [2.45, 2.75) is 25.2 Å². The number of benzene rings is 1. The van der Waals surface area contributed by atoms with E-state index in [1.165, 1.54) is 5.19 Å². The fourth-order valence-electron chi connectivity index (χ4n) is 1.57. The Labute approximate surface area is 120 Å². The van der Waals surface area contributed by atoms with Crippen LogP contribution in [0.25, 0.3) is 6.08 Å². The van der Waals surface area contributed by atoms with Gasteiger partial charge in [0.2, 0.25) is 6.69 Å². The molecule has 94 valence electrons. The summed E-state index contributed by atoms with van der Waals surface area (Å²) in [7, 11) is -1.92. The molecule has 0 amide bonds. The predicted octanol–water partition coefficient (Wildman–Crippen LogP) is 4.90. The largest absolute Gasteiger partial charge is 0.248 e. The first-order valence-electron chi connectivity index (χ1n) is 5.54. The van der Waals surface area contributed by atoms with Crippen molar-refractivity contribution in [1.29, 1.82) is 0 Å². The molecule has 0 heterocycles. The first-order chi connectivity index (χ1) is 7.74. The molecule has 1 unspecified atom stereocenters. The monoisotopic (exact) mass is 322 g/mol. The summed E-state index contributed by atoms with van der Waals surface area (Å²) >= 11 is 18.9. The zero-order valence-electron chi connectivity index (χ0n) is 10.1. The molecule has 0 radical (unpaired) electrons. The average Bonchev–Trinajstić information content (AvgIpc) is 2.26. The van der Waals surface area contributed by atoms with Crippen molar-refractivity contribution in [2.75, 3.05) is 0 Å². The summed E-state index contributed by atoms with van der Waals surface area (Å²) in [5.41, 5.74) is 1.11. The molecule has 0 nitrogen and oxygen atoms in total. The van der Waals surface area contributed by atoms with E-state index in [0.29, 0.717) is 0 Å². The molecule has 0 aliphatic heterocycles. The number of rotatable bonds is 5. The van der Waals surface area contributed by atoms with Crippen LogP contribution in [0.1, 0.15) is 5.56 Å². The molecule has 5 heteroatoms. The van der Waals surface area contributed by atoms with Crippen molar-refractivity contribution in [3.05, 3.63) is 36.4 Å². The second-order valence-corrected chi connectivity index (χ2v) is 18.8. The molecule has 1 aromatic carbocycles. The molecule has 1 rings (SSSR count). The number of halogens is 3. The van der Waals surface area contributed by atoms with Crippen LogP contribution in [0.2, 0.25) is 25.2 Å². The van der Waals surface area contributed by atoms with Crippen LogP contribution in [0.5, 0.6) is 0 Å². The van der Waals surface area contributed by atoms with Crippen molar-refractivity contribution in [3.63, 3.8) is 0 Å². The molecule has 17 heavy (non-hydrogen) atoms. The van der Waals surface area contributed by atoms with Gasteiger partial charge in [0.1, 0.15) is 0 Å². The summed E-state index contributed by atoms with van der Waals surface area (Å²) in [6.07, 6.45) is 1.83. The second kappa shape index (κ2) is 5.94. The Bertz CT molecular complexity index is 380. The lowest BCUT2D eigenvalue weighted by Crippen LogP contribution is -2.39.